The number of carbonyl (C=O) groups is 4. The number of carbonyl (C=O) groups excluding carboxylic acids is 3. The Hall–Kier alpha value is -2.79. The fourth-order valence-corrected chi connectivity index (χ4v) is 3.46. The topological polar surface area (TPSA) is 171 Å². The van der Waals surface area contributed by atoms with Gasteiger partial charge in [-0.1, -0.05) is 39.8 Å². The molecule has 0 fully saturated rings. The summed E-state index contributed by atoms with van der Waals surface area (Å²) in [6.45, 7) is 7.25. The van der Waals surface area contributed by atoms with Crippen molar-refractivity contribution in [3.05, 3.63) is 29.8 Å². The molecule has 0 bridgehead atoms. The second-order valence-corrected chi connectivity index (χ2v) is 9.35. The van der Waals surface area contributed by atoms with Crippen LogP contribution in [0.2, 0.25) is 0 Å². The molecule has 0 saturated heterocycles. The van der Waals surface area contributed by atoms with Crippen molar-refractivity contribution in [1.29, 1.82) is 0 Å². The summed E-state index contributed by atoms with van der Waals surface area (Å²) in [6.07, 6.45) is 0.435. The van der Waals surface area contributed by atoms with Crippen LogP contribution in [-0.2, 0) is 25.6 Å². The molecule has 7 N–H and O–H groups in total. The highest BCUT2D eigenvalue weighted by atomic mass is 32.1. The average Bonchev–Trinajstić information content (AvgIpc) is 2.75. The minimum atomic E-state index is -1.25. The zero-order valence-electron chi connectivity index (χ0n) is 19.9. The normalized spacial score (nSPS) is 14.7. The zero-order chi connectivity index (χ0) is 26.0. The van der Waals surface area contributed by atoms with Crippen LogP contribution in [0.1, 0.15) is 39.7 Å². The summed E-state index contributed by atoms with van der Waals surface area (Å²) in [5, 5.41) is 26.5. The van der Waals surface area contributed by atoms with Crippen molar-refractivity contribution in [2.75, 3.05) is 5.75 Å². The highest BCUT2D eigenvalue weighted by Gasteiger charge is 2.31. The molecule has 10 nitrogen and oxygen atoms in total. The molecule has 0 aromatic heterocycles. The van der Waals surface area contributed by atoms with E-state index in [9.17, 15) is 29.4 Å². The maximum absolute atomic E-state index is 12.9. The summed E-state index contributed by atoms with van der Waals surface area (Å²) in [5.41, 5.74) is 6.47. The first-order valence-corrected chi connectivity index (χ1v) is 11.8. The number of hydrogen-bond donors (Lipinski definition) is 7. The van der Waals surface area contributed by atoms with Crippen LogP contribution >= 0.6 is 12.6 Å². The predicted octanol–water partition coefficient (Wildman–Crippen LogP) is 0.433. The van der Waals surface area contributed by atoms with E-state index in [0.29, 0.717) is 12.0 Å². The molecule has 1 rings (SSSR count). The molecule has 0 radical (unpaired) electrons. The van der Waals surface area contributed by atoms with Gasteiger partial charge in [0.25, 0.3) is 0 Å². The van der Waals surface area contributed by atoms with E-state index in [1.165, 1.54) is 12.1 Å². The highest BCUT2D eigenvalue weighted by Crippen LogP contribution is 2.12. The Kier molecular flexibility index (Phi) is 11.9. The van der Waals surface area contributed by atoms with E-state index in [2.05, 4.69) is 28.6 Å². The Balaban J connectivity index is 2.86. The Morgan fingerprint density at radius 3 is 1.94 bits per heavy atom. The van der Waals surface area contributed by atoms with E-state index in [-0.39, 0.29) is 29.8 Å². The number of hydrogen-bond acceptors (Lipinski definition) is 7. The largest absolute Gasteiger partial charge is 0.508 e. The lowest BCUT2D eigenvalue weighted by atomic mass is 10.0. The van der Waals surface area contributed by atoms with Crippen LogP contribution in [0, 0.1) is 11.8 Å². The molecule has 1 aromatic carbocycles. The minimum Gasteiger partial charge on any atom is -0.508 e. The van der Waals surface area contributed by atoms with Gasteiger partial charge in [0, 0.05) is 12.2 Å². The van der Waals surface area contributed by atoms with E-state index < -0.39 is 47.9 Å². The molecule has 3 amide bonds. The van der Waals surface area contributed by atoms with Crippen molar-refractivity contribution >= 4 is 36.3 Å². The number of aromatic hydroxyl groups is 1. The maximum atomic E-state index is 12.9. The molecule has 0 heterocycles. The first kappa shape index (κ1) is 29.2. The lowest BCUT2D eigenvalue weighted by Crippen LogP contribution is -2.59. The first-order chi connectivity index (χ1) is 15.8. The van der Waals surface area contributed by atoms with E-state index in [0.717, 1.165) is 0 Å². The molecule has 0 aliphatic rings. The third-order valence-corrected chi connectivity index (χ3v) is 5.48. The number of carboxylic acids is 1. The molecular formula is C23H36N4O6S. The third-order valence-electron chi connectivity index (χ3n) is 5.12. The number of aliphatic carboxylic acids is 1. The fourth-order valence-electron chi connectivity index (χ4n) is 3.21. The van der Waals surface area contributed by atoms with Crippen molar-refractivity contribution < 1.29 is 29.4 Å². The molecule has 0 saturated carbocycles. The second-order valence-electron chi connectivity index (χ2n) is 8.98. The standard InChI is InChI=1S/C23H36N4O6S/c1-12(2)9-16(24)20(29)26-18(11-34)21(30)27-19(13(3)4)22(31)25-17(23(32)33)10-14-5-7-15(28)8-6-14/h5-8,12-13,16-19,28,34H,9-11,24H2,1-4H3,(H,25,31)(H,26,29)(H,27,30)(H,32,33). The number of nitrogens with two attached hydrogens (primary N) is 1. The summed E-state index contributed by atoms with van der Waals surface area (Å²) in [5.74, 6) is -3.18. The smallest absolute Gasteiger partial charge is 0.326 e. The maximum Gasteiger partial charge on any atom is 0.326 e. The van der Waals surface area contributed by atoms with Gasteiger partial charge in [-0.2, -0.15) is 12.6 Å². The SMILES string of the molecule is CC(C)CC(N)C(=O)NC(CS)C(=O)NC(C(=O)NC(Cc1ccc(O)cc1)C(=O)O)C(C)C. The molecular weight excluding hydrogens is 460 g/mol. The Morgan fingerprint density at radius 1 is 0.912 bits per heavy atom. The van der Waals surface area contributed by atoms with Crippen molar-refractivity contribution in [2.45, 2.75) is 64.7 Å². The van der Waals surface area contributed by atoms with Gasteiger partial charge >= 0.3 is 5.97 Å². The van der Waals surface area contributed by atoms with Gasteiger partial charge in [-0.3, -0.25) is 14.4 Å². The van der Waals surface area contributed by atoms with Gasteiger partial charge < -0.3 is 31.9 Å². The molecule has 4 unspecified atom stereocenters. The van der Waals surface area contributed by atoms with Gasteiger partial charge in [0.05, 0.1) is 6.04 Å². The lowest BCUT2D eigenvalue weighted by molar-refractivity contribution is -0.142. The monoisotopic (exact) mass is 496 g/mol. The molecule has 1 aromatic rings. The Morgan fingerprint density at radius 2 is 1.47 bits per heavy atom. The van der Waals surface area contributed by atoms with Gasteiger partial charge in [-0.15, -0.1) is 0 Å². The van der Waals surface area contributed by atoms with Crippen LogP contribution in [-0.4, -0.2) is 63.8 Å². The molecule has 190 valence electrons. The van der Waals surface area contributed by atoms with Gasteiger partial charge in [-0.05, 0) is 36.0 Å². The van der Waals surface area contributed by atoms with E-state index in [4.69, 9.17) is 5.73 Å². The molecule has 0 aliphatic carbocycles. The van der Waals surface area contributed by atoms with Gasteiger partial charge in [0.1, 0.15) is 23.9 Å². The van der Waals surface area contributed by atoms with Crippen molar-refractivity contribution in [1.82, 2.24) is 16.0 Å². The van der Waals surface area contributed by atoms with Crippen LogP contribution < -0.4 is 21.7 Å². The second kappa shape index (κ2) is 13.8. The number of benzene rings is 1. The number of carboxylic acid groups (broad SMARTS) is 1. The summed E-state index contributed by atoms with van der Waals surface area (Å²) in [6, 6.07) is 1.87. The molecule has 4 atom stereocenters. The van der Waals surface area contributed by atoms with E-state index in [1.54, 1.807) is 26.0 Å². The number of thiol groups is 1. The van der Waals surface area contributed by atoms with Crippen LogP contribution in [0.25, 0.3) is 0 Å². The van der Waals surface area contributed by atoms with Crippen LogP contribution in [0.15, 0.2) is 24.3 Å². The van der Waals surface area contributed by atoms with Crippen molar-refractivity contribution in [2.24, 2.45) is 17.6 Å². The Bertz CT molecular complexity index is 846. The highest BCUT2D eigenvalue weighted by molar-refractivity contribution is 7.80. The first-order valence-electron chi connectivity index (χ1n) is 11.1. The number of nitrogens with one attached hydrogen (secondary N) is 3. The van der Waals surface area contributed by atoms with Crippen LogP contribution in [0.4, 0.5) is 0 Å². The van der Waals surface area contributed by atoms with Gasteiger partial charge in [-0.25, -0.2) is 4.79 Å². The molecule has 0 aliphatic heterocycles. The third kappa shape index (κ3) is 9.60. The fraction of sp³-hybridized carbons (Fsp3) is 0.565. The zero-order valence-corrected chi connectivity index (χ0v) is 20.8. The predicted molar refractivity (Wildman–Crippen MR) is 131 cm³/mol. The van der Waals surface area contributed by atoms with Crippen LogP contribution in [0.5, 0.6) is 5.75 Å². The van der Waals surface area contributed by atoms with Crippen LogP contribution in [0.3, 0.4) is 0 Å². The van der Waals surface area contributed by atoms with E-state index >= 15 is 0 Å². The summed E-state index contributed by atoms with van der Waals surface area (Å²) in [7, 11) is 0. The van der Waals surface area contributed by atoms with Gasteiger partial charge in [0.2, 0.25) is 17.7 Å². The number of amides is 3. The van der Waals surface area contributed by atoms with Gasteiger partial charge in [0.15, 0.2) is 0 Å². The Labute approximate surface area is 205 Å². The van der Waals surface area contributed by atoms with E-state index in [1.807, 2.05) is 13.8 Å². The van der Waals surface area contributed by atoms with Crippen molar-refractivity contribution in [3.63, 3.8) is 0 Å². The molecule has 0 spiro atoms. The number of phenols is 1. The van der Waals surface area contributed by atoms with Crippen molar-refractivity contribution in [3.8, 4) is 5.75 Å². The minimum absolute atomic E-state index is 0.0107. The summed E-state index contributed by atoms with van der Waals surface area (Å²) >= 11 is 4.13. The summed E-state index contributed by atoms with van der Waals surface area (Å²) < 4.78 is 0. The summed E-state index contributed by atoms with van der Waals surface area (Å²) in [4.78, 5) is 49.7. The lowest BCUT2D eigenvalue weighted by Gasteiger charge is -2.26. The number of phenolic OH excluding ortho intramolecular Hbond substituents is 1. The molecule has 34 heavy (non-hydrogen) atoms. The number of rotatable bonds is 13. The molecule has 11 heteroatoms. The quantitative estimate of drug-likeness (QED) is 0.194. The average molecular weight is 497 g/mol.